The Morgan fingerprint density at radius 2 is 1.95 bits per heavy atom. The van der Waals surface area contributed by atoms with Crippen LogP contribution in [0, 0.1) is 0 Å². The molecule has 2 rings (SSSR count). The third kappa shape index (κ3) is 3.77. The van der Waals surface area contributed by atoms with Crippen LogP contribution in [-0.2, 0) is 10.0 Å². The zero-order chi connectivity index (χ0) is 15.5. The van der Waals surface area contributed by atoms with Crippen molar-refractivity contribution in [1.82, 2.24) is 14.7 Å². The molecule has 0 aliphatic rings. The van der Waals surface area contributed by atoms with Gasteiger partial charge in [0, 0.05) is 38.7 Å². The standard InChI is InChI=1S/C14H18N4O2S/c1-11(12-5-4-8-15-9-12)17-21(19,20)13-6-7-14(16-10-13)18(2)3/h4-11,17H,1-3H3. The molecule has 21 heavy (non-hydrogen) atoms. The van der Waals surface area contributed by atoms with Gasteiger partial charge >= 0.3 is 0 Å². The SMILES string of the molecule is CC(NS(=O)(=O)c1ccc(N(C)C)nc1)c1cccnc1. The van der Waals surface area contributed by atoms with E-state index < -0.39 is 10.0 Å². The normalized spacial score (nSPS) is 12.9. The van der Waals surface area contributed by atoms with Crippen LogP contribution in [0.25, 0.3) is 0 Å². The first-order valence-corrected chi connectivity index (χ1v) is 7.94. The van der Waals surface area contributed by atoms with Crippen molar-refractivity contribution in [3.63, 3.8) is 0 Å². The maximum atomic E-state index is 12.3. The fourth-order valence-corrected chi connectivity index (χ4v) is 2.97. The number of nitrogens with zero attached hydrogens (tertiary/aromatic N) is 3. The summed E-state index contributed by atoms with van der Waals surface area (Å²) in [6.45, 7) is 1.77. The summed E-state index contributed by atoms with van der Waals surface area (Å²) >= 11 is 0. The zero-order valence-corrected chi connectivity index (χ0v) is 13.0. The van der Waals surface area contributed by atoms with Crippen molar-refractivity contribution < 1.29 is 8.42 Å². The highest BCUT2D eigenvalue weighted by Crippen LogP contribution is 2.17. The molecule has 1 atom stereocenters. The van der Waals surface area contributed by atoms with Crippen molar-refractivity contribution in [3.8, 4) is 0 Å². The number of aromatic nitrogens is 2. The molecule has 0 radical (unpaired) electrons. The molecule has 0 fully saturated rings. The third-order valence-electron chi connectivity index (χ3n) is 3.01. The maximum absolute atomic E-state index is 12.3. The van der Waals surface area contributed by atoms with E-state index in [0.717, 1.165) is 5.56 Å². The largest absolute Gasteiger partial charge is 0.363 e. The summed E-state index contributed by atoms with van der Waals surface area (Å²) < 4.78 is 27.2. The number of rotatable bonds is 5. The lowest BCUT2D eigenvalue weighted by atomic mass is 10.2. The number of sulfonamides is 1. The minimum Gasteiger partial charge on any atom is -0.363 e. The number of hydrogen-bond donors (Lipinski definition) is 1. The number of anilines is 1. The summed E-state index contributed by atoms with van der Waals surface area (Å²) in [5.74, 6) is 0.703. The minimum atomic E-state index is -3.61. The van der Waals surface area contributed by atoms with Gasteiger partial charge in [0.2, 0.25) is 10.0 Å². The van der Waals surface area contributed by atoms with Crippen LogP contribution in [0.3, 0.4) is 0 Å². The quantitative estimate of drug-likeness (QED) is 0.908. The Balaban J connectivity index is 2.18. The van der Waals surface area contributed by atoms with Crippen molar-refractivity contribution in [2.24, 2.45) is 0 Å². The van der Waals surface area contributed by atoms with Crippen molar-refractivity contribution in [2.75, 3.05) is 19.0 Å². The van der Waals surface area contributed by atoms with Gasteiger partial charge in [-0.05, 0) is 30.7 Å². The fraction of sp³-hybridized carbons (Fsp3) is 0.286. The van der Waals surface area contributed by atoms with Crippen LogP contribution in [0.5, 0.6) is 0 Å². The zero-order valence-electron chi connectivity index (χ0n) is 12.2. The molecular formula is C14H18N4O2S. The van der Waals surface area contributed by atoms with Gasteiger partial charge in [-0.25, -0.2) is 18.1 Å². The smallest absolute Gasteiger partial charge is 0.242 e. The van der Waals surface area contributed by atoms with Gasteiger partial charge in [-0.3, -0.25) is 4.98 Å². The molecular weight excluding hydrogens is 288 g/mol. The van der Waals surface area contributed by atoms with Gasteiger partial charge in [0.1, 0.15) is 10.7 Å². The van der Waals surface area contributed by atoms with Gasteiger partial charge in [0.15, 0.2) is 0 Å². The van der Waals surface area contributed by atoms with E-state index in [4.69, 9.17) is 0 Å². The average Bonchev–Trinajstić information content (AvgIpc) is 2.48. The van der Waals surface area contributed by atoms with E-state index in [0.29, 0.717) is 5.82 Å². The fourth-order valence-electron chi connectivity index (χ4n) is 1.80. The lowest BCUT2D eigenvalue weighted by molar-refractivity contribution is 0.566. The van der Waals surface area contributed by atoms with Crippen LogP contribution < -0.4 is 9.62 Å². The van der Waals surface area contributed by atoms with Crippen molar-refractivity contribution >= 4 is 15.8 Å². The average molecular weight is 306 g/mol. The lowest BCUT2D eigenvalue weighted by Crippen LogP contribution is -2.27. The number of pyridine rings is 2. The molecule has 0 spiro atoms. The molecule has 0 saturated heterocycles. The Morgan fingerprint density at radius 1 is 1.19 bits per heavy atom. The monoisotopic (exact) mass is 306 g/mol. The van der Waals surface area contributed by atoms with Crippen LogP contribution >= 0.6 is 0 Å². The maximum Gasteiger partial charge on any atom is 0.242 e. The van der Waals surface area contributed by atoms with Gasteiger partial charge in [0.05, 0.1) is 0 Å². The molecule has 0 bridgehead atoms. The predicted molar refractivity (Wildman–Crippen MR) is 81.5 cm³/mol. The molecule has 2 heterocycles. The second-order valence-corrected chi connectivity index (χ2v) is 6.59. The third-order valence-corrected chi connectivity index (χ3v) is 4.53. The van der Waals surface area contributed by atoms with Gasteiger partial charge in [0.25, 0.3) is 0 Å². The lowest BCUT2D eigenvalue weighted by Gasteiger charge is -2.15. The van der Waals surface area contributed by atoms with Crippen LogP contribution in [0.4, 0.5) is 5.82 Å². The summed E-state index contributed by atoms with van der Waals surface area (Å²) in [5.41, 5.74) is 0.805. The molecule has 0 aliphatic carbocycles. The Hall–Kier alpha value is -1.99. The van der Waals surface area contributed by atoms with E-state index in [9.17, 15) is 8.42 Å². The van der Waals surface area contributed by atoms with Gasteiger partial charge in [-0.15, -0.1) is 0 Å². The second kappa shape index (κ2) is 6.19. The summed E-state index contributed by atoms with van der Waals surface area (Å²) in [5, 5.41) is 0. The highest BCUT2D eigenvalue weighted by Gasteiger charge is 2.19. The molecule has 0 amide bonds. The highest BCUT2D eigenvalue weighted by molar-refractivity contribution is 7.89. The minimum absolute atomic E-state index is 0.142. The van der Waals surface area contributed by atoms with E-state index in [2.05, 4.69) is 14.7 Å². The van der Waals surface area contributed by atoms with Crippen LogP contribution in [-0.4, -0.2) is 32.5 Å². The van der Waals surface area contributed by atoms with E-state index in [-0.39, 0.29) is 10.9 Å². The van der Waals surface area contributed by atoms with E-state index in [1.54, 1.807) is 37.5 Å². The molecule has 2 aromatic rings. The molecule has 1 unspecified atom stereocenters. The van der Waals surface area contributed by atoms with Gasteiger partial charge < -0.3 is 4.90 Å². The Labute approximate surface area is 124 Å². The highest BCUT2D eigenvalue weighted by atomic mass is 32.2. The van der Waals surface area contributed by atoms with E-state index >= 15 is 0 Å². The van der Waals surface area contributed by atoms with Crippen molar-refractivity contribution in [1.29, 1.82) is 0 Å². The van der Waals surface area contributed by atoms with Gasteiger partial charge in [-0.2, -0.15) is 0 Å². The Morgan fingerprint density at radius 3 is 2.48 bits per heavy atom. The summed E-state index contributed by atoms with van der Waals surface area (Å²) in [7, 11) is 0.0840. The Bertz CT molecular complexity index is 685. The molecule has 6 nitrogen and oxygen atoms in total. The predicted octanol–water partition coefficient (Wildman–Crippen LogP) is 1.58. The Kier molecular flexibility index (Phi) is 4.54. The first-order chi connectivity index (χ1) is 9.90. The molecule has 0 saturated carbocycles. The molecule has 0 aliphatic heterocycles. The first kappa shape index (κ1) is 15.4. The molecule has 0 aromatic carbocycles. The molecule has 2 aromatic heterocycles. The summed E-state index contributed by atoms with van der Waals surface area (Å²) in [4.78, 5) is 10.1. The molecule has 112 valence electrons. The van der Waals surface area contributed by atoms with Crippen molar-refractivity contribution in [3.05, 3.63) is 48.4 Å². The van der Waals surface area contributed by atoms with Crippen LogP contribution in [0.1, 0.15) is 18.5 Å². The van der Waals surface area contributed by atoms with Crippen LogP contribution in [0.2, 0.25) is 0 Å². The number of nitrogens with one attached hydrogen (secondary N) is 1. The summed E-state index contributed by atoms with van der Waals surface area (Å²) in [6, 6.07) is 6.45. The molecule has 7 heteroatoms. The first-order valence-electron chi connectivity index (χ1n) is 6.46. The number of hydrogen-bond acceptors (Lipinski definition) is 5. The molecule has 1 N–H and O–H groups in total. The van der Waals surface area contributed by atoms with Crippen LogP contribution in [0.15, 0.2) is 47.8 Å². The van der Waals surface area contributed by atoms with E-state index in [1.807, 2.05) is 25.1 Å². The van der Waals surface area contributed by atoms with Crippen molar-refractivity contribution in [2.45, 2.75) is 17.9 Å². The second-order valence-electron chi connectivity index (χ2n) is 4.88. The van der Waals surface area contributed by atoms with Gasteiger partial charge in [-0.1, -0.05) is 6.07 Å². The topological polar surface area (TPSA) is 75.2 Å². The summed E-state index contributed by atoms with van der Waals surface area (Å²) in [6.07, 6.45) is 4.64. The van der Waals surface area contributed by atoms with E-state index in [1.165, 1.54) is 6.20 Å².